The smallest absolute Gasteiger partial charge is 0.234 e. The summed E-state index contributed by atoms with van der Waals surface area (Å²) in [6.45, 7) is 0.327. The largest absolute Gasteiger partial charge is 0.312 e. The third-order valence-electron chi connectivity index (χ3n) is 5.49. The van der Waals surface area contributed by atoms with Gasteiger partial charge >= 0.3 is 0 Å². The van der Waals surface area contributed by atoms with Gasteiger partial charge in [-0.1, -0.05) is 35.6 Å². The minimum atomic E-state index is -0.788. The molecule has 5 rings (SSSR count). The second kappa shape index (κ2) is 8.67. The molecule has 1 fully saturated rings. The third-order valence-corrected chi connectivity index (χ3v) is 6.51. The van der Waals surface area contributed by atoms with E-state index in [4.69, 9.17) is 0 Å². The average Bonchev–Trinajstić information content (AvgIpc) is 3.42. The summed E-state index contributed by atoms with van der Waals surface area (Å²) in [5, 5.41) is 0.232. The second-order valence-electron chi connectivity index (χ2n) is 7.72. The van der Waals surface area contributed by atoms with Crippen LogP contribution in [0.5, 0.6) is 0 Å². The average molecular weight is 464 g/mol. The number of rotatable bonds is 5. The van der Waals surface area contributed by atoms with Crippen molar-refractivity contribution in [3.05, 3.63) is 84.2 Å². The lowest BCUT2D eigenvalue weighted by Crippen LogP contribution is -2.37. The quantitative estimate of drug-likeness (QED) is 0.435. The first-order valence-electron chi connectivity index (χ1n) is 10.3. The first-order valence-corrected chi connectivity index (χ1v) is 11.1. The fourth-order valence-corrected chi connectivity index (χ4v) is 4.91. The summed E-state index contributed by atoms with van der Waals surface area (Å²) >= 11 is 1.03. The van der Waals surface area contributed by atoms with E-state index in [-0.39, 0.29) is 42.0 Å². The van der Waals surface area contributed by atoms with Gasteiger partial charge < -0.3 is 4.90 Å². The molecule has 4 aromatic rings. The Bertz CT molecular complexity index is 1330. The zero-order valence-electron chi connectivity index (χ0n) is 17.3. The molecule has 2 aromatic carbocycles. The van der Waals surface area contributed by atoms with Gasteiger partial charge in [-0.2, -0.15) is 0 Å². The molecule has 1 aliphatic rings. The molecule has 6 nitrogen and oxygen atoms in total. The lowest BCUT2D eigenvalue weighted by Gasteiger charge is -2.23. The second-order valence-corrected chi connectivity index (χ2v) is 8.73. The van der Waals surface area contributed by atoms with Gasteiger partial charge in [0.15, 0.2) is 10.9 Å². The Kier molecular flexibility index (Phi) is 5.55. The van der Waals surface area contributed by atoms with E-state index in [2.05, 4.69) is 9.97 Å². The molecular formula is C24H18F2N4O2S. The van der Waals surface area contributed by atoms with Crippen molar-refractivity contribution in [1.82, 2.24) is 9.97 Å². The highest BCUT2D eigenvalue weighted by Crippen LogP contribution is 2.34. The molecular weight excluding hydrogens is 446 g/mol. The van der Waals surface area contributed by atoms with Crippen LogP contribution in [0.2, 0.25) is 0 Å². The highest BCUT2D eigenvalue weighted by atomic mass is 32.1. The highest BCUT2D eigenvalue weighted by Gasteiger charge is 2.38. The summed E-state index contributed by atoms with van der Waals surface area (Å²) in [5.41, 5.74) is 1.34. The number of pyridine rings is 1. The van der Waals surface area contributed by atoms with Crippen molar-refractivity contribution in [2.45, 2.75) is 13.0 Å². The van der Waals surface area contributed by atoms with Gasteiger partial charge in [0, 0.05) is 30.9 Å². The Morgan fingerprint density at radius 3 is 2.67 bits per heavy atom. The standard InChI is InChI=1S/C24H18F2N4O2S/c25-16-11-19(26)22-20(12-16)33-24(28-22)30(14-17-6-4-5-9-27-17)23(32)15-10-21(31)29(13-15)18-7-2-1-3-8-18/h1-9,11-12,15H,10,13-14H2. The minimum Gasteiger partial charge on any atom is -0.312 e. The number of aromatic nitrogens is 2. The van der Waals surface area contributed by atoms with Gasteiger partial charge in [0.1, 0.15) is 11.3 Å². The van der Waals surface area contributed by atoms with Gasteiger partial charge in [0.2, 0.25) is 11.8 Å². The molecule has 2 aromatic heterocycles. The predicted octanol–water partition coefficient (Wildman–Crippen LogP) is 4.56. The van der Waals surface area contributed by atoms with Crippen molar-refractivity contribution in [2.75, 3.05) is 16.3 Å². The topological polar surface area (TPSA) is 66.4 Å². The molecule has 3 heterocycles. The zero-order chi connectivity index (χ0) is 22.9. The van der Waals surface area contributed by atoms with Crippen molar-refractivity contribution >= 4 is 44.2 Å². The molecule has 1 aliphatic heterocycles. The molecule has 0 aliphatic carbocycles. The van der Waals surface area contributed by atoms with E-state index in [1.54, 1.807) is 29.3 Å². The van der Waals surface area contributed by atoms with Crippen molar-refractivity contribution in [2.24, 2.45) is 5.92 Å². The number of thiazole rings is 1. The molecule has 1 atom stereocenters. The Morgan fingerprint density at radius 1 is 1.12 bits per heavy atom. The molecule has 9 heteroatoms. The molecule has 166 valence electrons. The monoisotopic (exact) mass is 464 g/mol. The van der Waals surface area contributed by atoms with Crippen molar-refractivity contribution < 1.29 is 18.4 Å². The van der Waals surface area contributed by atoms with Crippen LogP contribution < -0.4 is 9.80 Å². The maximum Gasteiger partial charge on any atom is 0.234 e. The fraction of sp³-hybridized carbons (Fsp3) is 0.167. The molecule has 0 saturated carbocycles. The first kappa shape index (κ1) is 21.1. The van der Waals surface area contributed by atoms with Crippen LogP contribution in [0.25, 0.3) is 10.2 Å². The number of carbonyl (C=O) groups excluding carboxylic acids is 2. The van der Waals surface area contributed by atoms with E-state index < -0.39 is 17.6 Å². The summed E-state index contributed by atoms with van der Waals surface area (Å²) in [7, 11) is 0. The van der Waals surface area contributed by atoms with E-state index in [0.29, 0.717) is 10.4 Å². The lowest BCUT2D eigenvalue weighted by molar-refractivity contribution is -0.124. The Morgan fingerprint density at radius 2 is 1.91 bits per heavy atom. The summed E-state index contributed by atoms with van der Waals surface area (Å²) in [5.74, 6) is -2.56. The fourth-order valence-electron chi connectivity index (χ4n) is 3.91. The van der Waals surface area contributed by atoms with Crippen LogP contribution in [-0.4, -0.2) is 28.3 Å². The normalized spacial score (nSPS) is 15.9. The SMILES string of the molecule is O=C1CC(C(=O)N(Cc2ccccn2)c2nc3c(F)cc(F)cc3s2)CN1c1ccccc1. The molecule has 0 radical (unpaired) electrons. The molecule has 2 amide bonds. The number of benzene rings is 2. The third kappa shape index (κ3) is 4.19. The van der Waals surface area contributed by atoms with Crippen molar-refractivity contribution in [3.63, 3.8) is 0 Å². The summed E-state index contributed by atoms with van der Waals surface area (Å²) in [6, 6.07) is 16.5. The zero-order valence-corrected chi connectivity index (χ0v) is 18.1. The number of para-hydroxylation sites is 1. The Hall–Kier alpha value is -3.72. The van der Waals surface area contributed by atoms with Gasteiger partial charge in [-0.15, -0.1) is 0 Å². The van der Waals surface area contributed by atoms with Gasteiger partial charge in [-0.25, -0.2) is 13.8 Å². The van der Waals surface area contributed by atoms with E-state index >= 15 is 0 Å². The Labute approximate surface area is 192 Å². The molecule has 1 saturated heterocycles. The maximum absolute atomic E-state index is 14.3. The highest BCUT2D eigenvalue weighted by molar-refractivity contribution is 7.22. The van der Waals surface area contributed by atoms with Crippen LogP contribution in [-0.2, 0) is 16.1 Å². The number of halogens is 2. The van der Waals surface area contributed by atoms with Crippen LogP contribution >= 0.6 is 11.3 Å². The number of carbonyl (C=O) groups is 2. The lowest BCUT2D eigenvalue weighted by atomic mass is 10.1. The number of hydrogen-bond acceptors (Lipinski definition) is 5. The van der Waals surface area contributed by atoms with Crippen molar-refractivity contribution in [1.29, 1.82) is 0 Å². The van der Waals surface area contributed by atoms with Crippen LogP contribution in [0.4, 0.5) is 19.6 Å². The number of fused-ring (bicyclic) bond motifs is 1. The van der Waals surface area contributed by atoms with Crippen LogP contribution in [0.15, 0.2) is 66.9 Å². The van der Waals surface area contributed by atoms with Gasteiger partial charge in [-0.3, -0.25) is 19.5 Å². The molecule has 0 spiro atoms. The van der Waals surface area contributed by atoms with Crippen molar-refractivity contribution in [3.8, 4) is 0 Å². The summed E-state index contributed by atoms with van der Waals surface area (Å²) in [4.78, 5) is 37.9. The molecule has 1 unspecified atom stereocenters. The van der Waals surface area contributed by atoms with Gasteiger partial charge in [-0.05, 0) is 30.3 Å². The van der Waals surface area contributed by atoms with E-state index in [1.807, 2.05) is 30.3 Å². The number of amides is 2. The number of hydrogen-bond donors (Lipinski definition) is 0. The van der Waals surface area contributed by atoms with E-state index in [0.717, 1.165) is 23.1 Å². The van der Waals surface area contributed by atoms with Gasteiger partial charge in [0.05, 0.1) is 22.9 Å². The minimum absolute atomic E-state index is 0.00336. The van der Waals surface area contributed by atoms with Gasteiger partial charge in [0.25, 0.3) is 0 Å². The maximum atomic E-state index is 14.3. The first-order chi connectivity index (χ1) is 16.0. The van der Waals surface area contributed by atoms with Crippen LogP contribution in [0.1, 0.15) is 12.1 Å². The number of anilines is 2. The molecule has 33 heavy (non-hydrogen) atoms. The van der Waals surface area contributed by atoms with E-state index in [1.165, 1.54) is 11.0 Å². The summed E-state index contributed by atoms with van der Waals surface area (Å²) < 4.78 is 28.3. The summed E-state index contributed by atoms with van der Waals surface area (Å²) in [6.07, 6.45) is 1.67. The predicted molar refractivity (Wildman–Crippen MR) is 122 cm³/mol. The number of nitrogens with zero attached hydrogens (tertiary/aromatic N) is 4. The van der Waals surface area contributed by atoms with Crippen LogP contribution in [0.3, 0.4) is 0 Å². The Balaban J connectivity index is 1.49. The molecule has 0 bridgehead atoms. The molecule has 0 N–H and O–H groups in total. The van der Waals surface area contributed by atoms with Crippen LogP contribution in [0, 0.1) is 17.6 Å². The van der Waals surface area contributed by atoms with E-state index in [9.17, 15) is 18.4 Å².